The Hall–Kier alpha value is -0.790. The van der Waals surface area contributed by atoms with Crippen molar-refractivity contribution < 1.29 is 9.53 Å². The molecular weight excluding hydrogens is 585 g/mol. The van der Waals surface area contributed by atoms with E-state index in [0.29, 0.717) is 35.0 Å². The Labute approximate surface area is 299 Å². The van der Waals surface area contributed by atoms with E-state index in [4.69, 9.17) is 4.74 Å². The van der Waals surface area contributed by atoms with Crippen LogP contribution in [0.5, 0.6) is 0 Å². The predicted molar refractivity (Wildman–Crippen MR) is 205 cm³/mol. The molecule has 0 heterocycles. The Morgan fingerprint density at radius 3 is 2.33 bits per heavy atom. The molecule has 5 aliphatic carbocycles. The summed E-state index contributed by atoms with van der Waals surface area (Å²) in [6.07, 6.45) is 32.2. The topological polar surface area (TPSA) is 26.3 Å². The molecule has 2 nitrogen and oxygen atoms in total. The molecule has 7 unspecified atom stereocenters. The molecule has 0 radical (unpaired) electrons. The second kappa shape index (κ2) is 17.2. The van der Waals surface area contributed by atoms with Gasteiger partial charge in [0.1, 0.15) is 6.10 Å². The number of rotatable bonds is 16. The number of hydrogen-bond acceptors (Lipinski definition) is 2. The van der Waals surface area contributed by atoms with Crippen LogP contribution < -0.4 is 0 Å². The van der Waals surface area contributed by atoms with Gasteiger partial charge >= 0.3 is 5.97 Å². The fourth-order valence-electron chi connectivity index (χ4n) is 12.9. The maximum absolute atomic E-state index is 12.6. The first-order valence-corrected chi connectivity index (χ1v) is 21.8. The third-order valence-corrected chi connectivity index (χ3v) is 15.9. The highest BCUT2D eigenvalue weighted by atomic mass is 16.5. The van der Waals surface area contributed by atoms with E-state index < -0.39 is 0 Å². The number of hydrogen-bond donors (Lipinski definition) is 0. The fraction of sp³-hybridized carbons (Fsp3) is 0.935. The Balaban J connectivity index is 0.988. The van der Waals surface area contributed by atoms with Crippen molar-refractivity contribution in [3.05, 3.63) is 11.6 Å². The smallest absolute Gasteiger partial charge is 0.306 e. The van der Waals surface area contributed by atoms with Crippen LogP contribution in [0.4, 0.5) is 0 Å². The molecule has 5 rings (SSSR count). The zero-order valence-corrected chi connectivity index (χ0v) is 33.3. The molecule has 4 fully saturated rings. The summed E-state index contributed by atoms with van der Waals surface area (Å²) in [4.78, 5) is 12.6. The monoisotopic (exact) mass is 665 g/mol. The van der Waals surface area contributed by atoms with Gasteiger partial charge in [0.2, 0.25) is 0 Å². The number of fused-ring (bicyclic) bond motifs is 5. The van der Waals surface area contributed by atoms with Crippen LogP contribution in [0.3, 0.4) is 0 Å². The number of allylic oxidation sites excluding steroid dienone is 2. The molecule has 0 spiro atoms. The first kappa shape index (κ1) is 38.4. The number of carbonyl (C=O) groups excluding carboxylic acids is 1. The van der Waals surface area contributed by atoms with Crippen molar-refractivity contribution in [2.24, 2.45) is 70.0 Å². The first-order valence-electron chi connectivity index (χ1n) is 21.8. The van der Waals surface area contributed by atoms with Crippen LogP contribution in [-0.4, -0.2) is 12.1 Å². The van der Waals surface area contributed by atoms with Crippen LogP contribution in [0.25, 0.3) is 0 Å². The zero-order valence-electron chi connectivity index (χ0n) is 33.3. The number of unbranched alkanes of at least 4 members (excludes halogenated alkanes) is 5. The van der Waals surface area contributed by atoms with Gasteiger partial charge in [0.15, 0.2) is 0 Å². The quantitative estimate of drug-likeness (QED) is 0.0932. The minimum Gasteiger partial charge on any atom is -0.462 e. The lowest BCUT2D eigenvalue weighted by atomic mass is 9.46. The second-order valence-corrected chi connectivity index (χ2v) is 19.9. The summed E-state index contributed by atoms with van der Waals surface area (Å²) < 4.78 is 6.03. The highest BCUT2D eigenvalue weighted by molar-refractivity contribution is 5.69. The van der Waals surface area contributed by atoms with E-state index in [0.717, 1.165) is 54.3 Å². The maximum Gasteiger partial charge on any atom is 0.306 e. The van der Waals surface area contributed by atoms with E-state index in [1.807, 2.05) is 5.57 Å². The van der Waals surface area contributed by atoms with E-state index in [9.17, 15) is 4.79 Å². The van der Waals surface area contributed by atoms with Gasteiger partial charge in [-0.1, -0.05) is 131 Å². The molecule has 0 aromatic heterocycles. The molecule has 0 aromatic rings. The molecule has 0 N–H and O–H groups in total. The van der Waals surface area contributed by atoms with Gasteiger partial charge in [0, 0.05) is 6.42 Å². The molecule has 0 amide bonds. The van der Waals surface area contributed by atoms with E-state index >= 15 is 0 Å². The van der Waals surface area contributed by atoms with Gasteiger partial charge in [0.25, 0.3) is 0 Å². The summed E-state index contributed by atoms with van der Waals surface area (Å²) >= 11 is 0. The molecule has 4 saturated carbocycles. The van der Waals surface area contributed by atoms with Crippen LogP contribution in [-0.2, 0) is 9.53 Å². The average Bonchev–Trinajstić information content (AvgIpc) is 3.39. The molecular formula is C46H80O2. The third-order valence-electron chi connectivity index (χ3n) is 15.9. The van der Waals surface area contributed by atoms with Gasteiger partial charge in [0.05, 0.1) is 0 Å². The van der Waals surface area contributed by atoms with Crippen molar-refractivity contribution in [1.29, 1.82) is 0 Å². The van der Waals surface area contributed by atoms with Crippen molar-refractivity contribution in [1.82, 2.24) is 0 Å². The largest absolute Gasteiger partial charge is 0.462 e. The van der Waals surface area contributed by atoms with Gasteiger partial charge < -0.3 is 4.74 Å². The first-order chi connectivity index (χ1) is 22.9. The molecule has 48 heavy (non-hydrogen) atoms. The number of esters is 1. The number of ether oxygens (including phenoxy) is 1. The van der Waals surface area contributed by atoms with Crippen molar-refractivity contribution in [2.75, 3.05) is 0 Å². The Morgan fingerprint density at radius 1 is 0.833 bits per heavy atom. The highest BCUT2D eigenvalue weighted by Gasteiger charge is 2.59. The summed E-state index contributed by atoms with van der Waals surface area (Å²) in [6.45, 7) is 19.8. The maximum atomic E-state index is 12.6. The van der Waals surface area contributed by atoms with Crippen molar-refractivity contribution in [3.8, 4) is 0 Å². The average molecular weight is 665 g/mol. The van der Waals surface area contributed by atoms with Crippen LogP contribution in [0.2, 0.25) is 0 Å². The van der Waals surface area contributed by atoms with Gasteiger partial charge in [-0.3, -0.25) is 4.79 Å². The zero-order chi connectivity index (χ0) is 34.5. The van der Waals surface area contributed by atoms with Gasteiger partial charge in [-0.2, -0.15) is 0 Å². The molecule has 0 bridgehead atoms. The molecule has 0 saturated heterocycles. The van der Waals surface area contributed by atoms with E-state index in [-0.39, 0.29) is 12.1 Å². The van der Waals surface area contributed by atoms with Crippen molar-refractivity contribution in [3.63, 3.8) is 0 Å². The third kappa shape index (κ3) is 8.98. The highest BCUT2D eigenvalue weighted by Crippen LogP contribution is 2.67. The lowest BCUT2D eigenvalue weighted by Gasteiger charge is -2.58. The van der Waals surface area contributed by atoms with E-state index in [2.05, 4.69) is 61.5 Å². The van der Waals surface area contributed by atoms with E-state index in [1.54, 1.807) is 0 Å². The van der Waals surface area contributed by atoms with Gasteiger partial charge in [-0.05, 0) is 141 Å². The van der Waals surface area contributed by atoms with Crippen molar-refractivity contribution in [2.45, 2.75) is 203 Å². The normalized spacial score (nSPS) is 38.7. The summed E-state index contributed by atoms with van der Waals surface area (Å²) in [5.41, 5.74) is 2.98. The minimum absolute atomic E-state index is 0.0594. The van der Waals surface area contributed by atoms with Crippen molar-refractivity contribution >= 4 is 5.97 Å². The summed E-state index contributed by atoms with van der Waals surface area (Å²) in [5.74, 6) is 8.44. The number of carbonyl (C=O) groups is 1. The Kier molecular flexibility index (Phi) is 13.7. The summed E-state index contributed by atoms with van der Waals surface area (Å²) in [7, 11) is 0. The van der Waals surface area contributed by atoms with Gasteiger partial charge in [-0.25, -0.2) is 0 Å². The Bertz CT molecular complexity index is 1040. The summed E-state index contributed by atoms with van der Waals surface area (Å²) in [6, 6.07) is 0. The lowest BCUT2D eigenvalue weighted by Crippen LogP contribution is -2.50. The molecule has 11 atom stereocenters. The predicted octanol–water partition coefficient (Wildman–Crippen LogP) is 13.8. The molecule has 276 valence electrons. The van der Waals surface area contributed by atoms with E-state index in [1.165, 1.54) is 122 Å². The molecule has 0 aromatic carbocycles. The molecule has 5 aliphatic rings. The Morgan fingerprint density at radius 2 is 1.58 bits per heavy atom. The molecule has 2 heteroatoms. The van der Waals surface area contributed by atoms with Crippen LogP contribution in [0, 0.1) is 70.0 Å². The fourth-order valence-corrected chi connectivity index (χ4v) is 12.9. The summed E-state index contributed by atoms with van der Waals surface area (Å²) in [5, 5.41) is 0. The minimum atomic E-state index is 0.0594. The second-order valence-electron chi connectivity index (χ2n) is 19.9. The SMILES string of the molecule is CC(C)CCC[C@@H](C)[C@H]1CCC2C3CC=C4CC(CCCCCCCCC(=O)OC5CC(C)CCC5C(C)C)CC[C@]4(C)C3CC[C@@]21C. The van der Waals surface area contributed by atoms with Crippen LogP contribution >= 0.6 is 0 Å². The van der Waals surface area contributed by atoms with Gasteiger partial charge in [-0.15, -0.1) is 0 Å². The van der Waals surface area contributed by atoms with Crippen LogP contribution in [0.1, 0.15) is 197 Å². The standard InChI is InChI=1S/C46H80O2/c1-32(2)16-15-17-35(6)40-24-25-41-39-23-21-37-31-36(26-28-45(37,7)42(39)27-29-46(40,41)8)18-13-11-9-10-12-14-19-44(47)48-43-30-34(5)20-22-38(43)33(3)4/h21,32-36,38-43H,9-20,22-31H2,1-8H3/t34?,35-,36?,38?,39?,40-,41?,42?,43?,45+,46-/m1/s1. The lowest BCUT2D eigenvalue weighted by molar-refractivity contribution is -0.156. The molecule has 0 aliphatic heterocycles. The van der Waals surface area contributed by atoms with Crippen LogP contribution in [0.15, 0.2) is 11.6 Å².